The number of carbonyl (C=O) groups is 1. The molecule has 0 spiro atoms. The van der Waals surface area contributed by atoms with E-state index >= 15 is 0 Å². The third kappa shape index (κ3) is 3.46. The zero-order valence-corrected chi connectivity index (χ0v) is 14.1. The Hall–Kier alpha value is -3.09. The summed E-state index contributed by atoms with van der Waals surface area (Å²) in [4.78, 5) is 12.5. The van der Waals surface area contributed by atoms with Gasteiger partial charge < -0.3 is 5.32 Å². The summed E-state index contributed by atoms with van der Waals surface area (Å²) in [5.41, 5.74) is 1.34. The van der Waals surface area contributed by atoms with E-state index in [4.69, 9.17) is 0 Å². The summed E-state index contributed by atoms with van der Waals surface area (Å²) in [6.07, 6.45) is -3.64. The first-order valence-electron chi connectivity index (χ1n) is 7.84. The maximum atomic E-state index is 13.1. The highest BCUT2D eigenvalue weighted by Gasteiger charge is 2.39. The van der Waals surface area contributed by atoms with Crippen molar-refractivity contribution in [1.82, 2.24) is 9.78 Å². The normalized spacial score (nSPS) is 11.4. The number of benzene rings is 2. The topological polar surface area (TPSA) is 46.9 Å². The van der Waals surface area contributed by atoms with Crippen molar-refractivity contribution in [3.63, 3.8) is 0 Å². The number of alkyl halides is 3. The Morgan fingerprint density at radius 3 is 2.31 bits per heavy atom. The molecule has 7 heteroatoms. The van der Waals surface area contributed by atoms with E-state index in [1.54, 1.807) is 12.1 Å². The number of amides is 1. The van der Waals surface area contributed by atoms with Crippen LogP contribution in [0, 0.1) is 6.92 Å². The second kappa shape index (κ2) is 6.67. The lowest BCUT2D eigenvalue weighted by Gasteiger charge is -2.13. The van der Waals surface area contributed by atoms with Gasteiger partial charge in [-0.25, -0.2) is 0 Å². The number of aromatic nitrogens is 2. The molecule has 1 amide bonds. The van der Waals surface area contributed by atoms with Crippen LogP contribution in [0.25, 0.3) is 11.1 Å². The molecule has 1 heterocycles. The van der Waals surface area contributed by atoms with Crippen LogP contribution in [0.5, 0.6) is 0 Å². The van der Waals surface area contributed by atoms with Crippen molar-refractivity contribution >= 4 is 11.6 Å². The molecule has 4 nitrogen and oxygen atoms in total. The molecule has 1 aromatic heterocycles. The minimum atomic E-state index is -4.70. The van der Waals surface area contributed by atoms with Crippen LogP contribution in [0.3, 0.4) is 0 Å². The first-order valence-corrected chi connectivity index (χ1v) is 7.84. The van der Waals surface area contributed by atoms with E-state index in [9.17, 15) is 18.0 Å². The van der Waals surface area contributed by atoms with Crippen LogP contribution >= 0.6 is 0 Å². The molecule has 0 atom stereocenters. The predicted octanol–water partition coefficient (Wildman–Crippen LogP) is 4.67. The number of hydrogen-bond acceptors (Lipinski definition) is 2. The summed E-state index contributed by atoms with van der Waals surface area (Å²) in [6.45, 7) is 1.93. The molecule has 26 heavy (non-hydrogen) atoms. The van der Waals surface area contributed by atoms with Crippen molar-refractivity contribution < 1.29 is 18.0 Å². The molecule has 3 rings (SSSR count). The van der Waals surface area contributed by atoms with Crippen LogP contribution < -0.4 is 5.32 Å². The fraction of sp³-hybridized carbons (Fsp3) is 0.158. The predicted molar refractivity (Wildman–Crippen MR) is 92.8 cm³/mol. The van der Waals surface area contributed by atoms with Gasteiger partial charge in [0.15, 0.2) is 5.69 Å². The van der Waals surface area contributed by atoms with Gasteiger partial charge in [0.2, 0.25) is 0 Å². The highest BCUT2D eigenvalue weighted by molar-refractivity contribution is 6.07. The van der Waals surface area contributed by atoms with E-state index in [0.717, 1.165) is 27.6 Å². The van der Waals surface area contributed by atoms with Crippen LogP contribution in [0.15, 0.2) is 54.7 Å². The van der Waals surface area contributed by atoms with Crippen molar-refractivity contribution in [1.29, 1.82) is 0 Å². The van der Waals surface area contributed by atoms with Crippen molar-refractivity contribution in [3.05, 3.63) is 71.5 Å². The van der Waals surface area contributed by atoms with Crippen molar-refractivity contribution in [2.75, 3.05) is 5.32 Å². The molecule has 0 aliphatic heterocycles. The molecule has 2 aromatic carbocycles. The summed E-state index contributed by atoms with van der Waals surface area (Å²) in [7, 11) is 1.34. The largest absolute Gasteiger partial charge is 0.435 e. The van der Waals surface area contributed by atoms with E-state index in [2.05, 4.69) is 10.4 Å². The van der Waals surface area contributed by atoms with Gasteiger partial charge >= 0.3 is 6.18 Å². The van der Waals surface area contributed by atoms with Gasteiger partial charge in [0.25, 0.3) is 5.91 Å². The number of carbonyl (C=O) groups excluding carboxylic acids is 1. The minimum Gasteiger partial charge on any atom is -0.321 e. The van der Waals surface area contributed by atoms with Gasteiger partial charge in [0.05, 0.1) is 5.56 Å². The summed E-state index contributed by atoms with van der Waals surface area (Å²) in [5, 5.41) is 5.96. The van der Waals surface area contributed by atoms with E-state index in [1.165, 1.54) is 7.05 Å². The highest BCUT2D eigenvalue weighted by Crippen LogP contribution is 2.33. The average molecular weight is 359 g/mol. The van der Waals surface area contributed by atoms with Gasteiger partial charge in [-0.05, 0) is 24.1 Å². The summed E-state index contributed by atoms with van der Waals surface area (Å²) in [5.74, 6) is -0.855. The van der Waals surface area contributed by atoms with Crippen LogP contribution in [0.4, 0.5) is 18.9 Å². The number of halogens is 3. The zero-order valence-electron chi connectivity index (χ0n) is 14.1. The lowest BCUT2D eigenvalue weighted by Crippen LogP contribution is -2.18. The van der Waals surface area contributed by atoms with Crippen LogP contribution in [0.1, 0.15) is 21.6 Å². The van der Waals surface area contributed by atoms with E-state index in [0.29, 0.717) is 5.69 Å². The molecule has 3 aromatic rings. The smallest absolute Gasteiger partial charge is 0.321 e. The molecule has 0 bridgehead atoms. The fourth-order valence-electron chi connectivity index (χ4n) is 2.76. The molecule has 1 N–H and O–H groups in total. The first kappa shape index (κ1) is 17.7. The van der Waals surface area contributed by atoms with E-state index in [-0.39, 0.29) is 0 Å². The quantitative estimate of drug-likeness (QED) is 0.739. The second-order valence-electron chi connectivity index (χ2n) is 5.88. The number of para-hydroxylation sites is 1. The summed E-state index contributed by atoms with van der Waals surface area (Å²) < 4.78 is 40.3. The Morgan fingerprint density at radius 2 is 1.65 bits per heavy atom. The van der Waals surface area contributed by atoms with Gasteiger partial charge in [0, 0.05) is 24.5 Å². The van der Waals surface area contributed by atoms with Gasteiger partial charge in [-0.1, -0.05) is 42.5 Å². The standard InChI is InChI=1S/C19H16F3N3O/c1-12-7-3-4-8-13(12)14-9-5-6-10-16(14)23-18(26)15-11-25(2)24-17(15)19(20,21)22/h3-11H,1-2H3,(H,23,26). The molecule has 0 fully saturated rings. The molecule has 0 radical (unpaired) electrons. The summed E-state index contributed by atoms with van der Waals surface area (Å²) in [6, 6.07) is 14.6. The first-order chi connectivity index (χ1) is 12.3. The van der Waals surface area contributed by atoms with Gasteiger partial charge in [0.1, 0.15) is 0 Å². The minimum absolute atomic E-state index is 0.434. The van der Waals surface area contributed by atoms with Crippen LogP contribution in [-0.2, 0) is 13.2 Å². The van der Waals surface area contributed by atoms with Crippen molar-refractivity contribution in [2.45, 2.75) is 13.1 Å². The molecular formula is C19H16F3N3O. The molecule has 0 unspecified atom stereocenters. The third-order valence-electron chi connectivity index (χ3n) is 3.95. The number of hydrogen-bond donors (Lipinski definition) is 1. The number of nitrogens with zero attached hydrogens (tertiary/aromatic N) is 2. The zero-order chi connectivity index (χ0) is 18.9. The maximum Gasteiger partial charge on any atom is 0.435 e. The van der Waals surface area contributed by atoms with Crippen LogP contribution in [-0.4, -0.2) is 15.7 Å². The molecule has 0 saturated carbocycles. The second-order valence-corrected chi connectivity index (χ2v) is 5.88. The fourth-order valence-corrected chi connectivity index (χ4v) is 2.76. The maximum absolute atomic E-state index is 13.1. The van der Waals surface area contributed by atoms with E-state index in [1.807, 2.05) is 43.3 Å². The number of anilines is 1. The highest BCUT2D eigenvalue weighted by atomic mass is 19.4. The van der Waals surface area contributed by atoms with Gasteiger partial charge in [-0.15, -0.1) is 0 Å². The van der Waals surface area contributed by atoms with Gasteiger partial charge in [-0.2, -0.15) is 18.3 Å². The Bertz CT molecular complexity index is 961. The summed E-state index contributed by atoms with van der Waals surface area (Å²) >= 11 is 0. The molecule has 0 aliphatic carbocycles. The van der Waals surface area contributed by atoms with Crippen LogP contribution in [0.2, 0.25) is 0 Å². The Labute approximate surface area is 148 Å². The molecule has 134 valence electrons. The Morgan fingerprint density at radius 1 is 1.04 bits per heavy atom. The molecule has 0 saturated heterocycles. The monoisotopic (exact) mass is 359 g/mol. The SMILES string of the molecule is Cc1ccccc1-c1ccccc1NC(=O)c1cn(C)nc1C(F)(F)F. The Kier molecular flexibility index (Phi) is 4.54. The number of nitrogens with one attached hydrogen (secondary N) is 1. The van der Waals surface area contributed by atoms with Crippen molar-refractivity contribution in [3.8, 4) is 11.1 Å². The van der Waals surface area contributed by atoms with E-state index < -0.39 is 23.3 Å². The number of rotatable bonds is 3. The third-order valence-corrected chi connectivity index (χ3v) is 3.95. The lowest BCUT2D eigenvalue weighted by atomic mass is 9.99. The Balaban J connectivity index is 1.99. The average Bonchev–Trinajstić information content (AvgIpc) is 2.98. The number of aryl methyl sites for hydroxylation is 2. The lowest BCUT2D eigenvalue weighted by molar-refractivity contribution is -0.141. The molecular weight excluding hydrogens is 343 g/mol. The molecule has 0 aliphatic rings. The van der Waals surface area contributed by atoms with Crippen molar-refractivity contribution in [2.24, 2.45) is 7.05 Å². The van der Waals surface area contributed by atoms with Gasteiger partial charge in [-0.3, -0.25) is 9.48 Å².